The molecule has 1 unspecified atom stereocenters. The first-order valence-electron chi connectivity index (χ1n) is 5.01. The Kier molecular flexibility index (Phi) is 6.29. The molecule has 1 heterocycles. The van der Waals surface area contributed by atoms with E-state index in [1.54, 1.807) is 6.20 Å². The molecule has 15 heavy (non-hydrogen) atoms. The summed E-state index contributed by atoms with van der Waals surface area (Å²) < 4.78 is 1.04. The van der Waals surface area contributed by atoms with Crippen LogP contribution >= 0.6 is 27.7 Å². The summed E-state index contributed by atoms with van der Waals surface area (Å²) in [6, 6.07) is 2.10. The second kappa shape index (κ2) is 7.25. The minimum atomic E-state index is 0.722. The normalized spacial score (nSPS) is 12.7. The Bertz CT molecular complexity index is 294. The number of nitrogens with zero attached hydrogens (tertiary/aromatic N) is 1. The molecule has 84 valence electrons. The molecule has 0 aromatic carbocycles. The largest absolute Gasteiger partial charge is 0.312 e. The number of rotatable bonds is 6. The Hall–Kier alpha value is -0.0600. The summed E-state index contributed by atoms with van der Waals surface area (Å²) in [7, 11) is 0. The lowest BCUT2D eigenvalue weighted by atomic mass is 10.2. The Morgan fingerprint density at radius 3 is 3.00 bits per heavy atom. The Morgan fingerprint density at radius 1 is 1.53 bits per heavy atom. The Morgan fingerprint density at radius 2 is 2.33 bits per heavy atom. The molecule has 1 aromatic rings. The third-order valence-electron chi connectivity index (χ3n) is 2.03. The Labute approximate surface area is 104 Å². The first kappa shape index (κ1) is 13.0. The molecular weight excluding hydrogens is 272 g/mol. The van der Waals surface area contributed by atoms with Crippen LogP contribution in [-0.2, 0) is 6.54 Å². The van der Waals surface area contributed by atoms with Gasteiger partial charge < -0.3 is 5.32 Å². The first-order chi connectivity index (χ1) is 7.22. The Balaban J connectivity index is 2.25. The zero-order chi connectivity index (χ0) is 11.1. The van der Waals surface area contributed by atoms with E-state index in [-0.39, 0.29) is 0 Å². The van der Waals surface area contributed by atoms with Crippen molar-refractivity contribution in [2.45, 2.75) is 13.5 Å². The summed E-state index contributed by atoms with van der Waals surface area (Å²) in [6.45, 7) is 4.22. The monoisotopic (exact) mass is 288 g/mol. The van der Waals surface area contributed by atoms with E-state index in [1.165, 1.54) is 11.3 Å². The van der Waals surface area contributed by atoms with E-state index in [2.05, 4.69) is 45.5 Å². The fourth-order valence-electron chi connectivity index (χ4n) is 1.36. The van der Waals surface area contributed by atoms with Crippen molar-refractivity contribution in [2.75, 3.05) is 18.6 Å². The SMILES string of the molecule is CSCC(C)CNCc1cncc(Br)c1. The molecule has 1 N–H and O–H groups in total. The molecule has 0 amide bonds. The van der Waals surface area contributed by atoms with Crippen LogP contribution < -0.4 is 5.32 Å². The van der Waals surface area contributed by atoms with Crippen LogP contribution in [0.15, 0.2) is 22.9 Å². The second-order valence-corrected chi connectivity index (χ2v) is 5.53. The smallest absolute Gasteiger partial charge is 0.0410 e. The van der Waals surface area contributed by atoms with Crippen molar-refractivity contribution < 1.29 is 0 Å². The highest BCUT2D eigenvalue weighted by molar-refractivity contribution is 9.10. The van der Waals surface area contributed by atoms with Crippen LogP contribution in [0.4, 0.5) is 0 Å². The minimum Gasteiger partial charge on any atom is -0.312 e. The average molecular weight is 289 g/mol. The highest BCUT2D eigenvalue weighted by Gasteiger charge is 2.00. The van der Waals surface area contributed by atoms with E-state index in [4.69, 9.17) is 0 Å². The molecule has 0 aliphatic rings. The fraction of sp³-hybridized carbons (Fsp3) is 0.545. The topological polar surface area (TPSA) is 24.9 Å². The third kappa shape index (κ3) is 5.54. The summed E-state index contributed by atoms with van der Waals surface area (Å²) in [5.74, 6) is 1.93. The molecule has 1 aromatic heterocycles. The fourth-order valence-corrected chi connectivity index (χ4v) is 2.46. The van der Waals surface area contributed by atoms with Crippen LogP contribution in [-0.4, -0.2) is 23.5 Å². The maximum absolute atomic E-state index is 4.13. The van der Waals surface area contributed by atoms with Crippen LogP contribution in [0.2, 0.25) is 0 Å². The van der Waals surface area contributed by atoms with Crippen LogP contribution in [0, 0.1) is 5.92 Å². The maximum Gasteiger partial charge on any atom is 0.0410 e. The van der Waals surface area contributed by atoms with Crippen molar-refractivity contribution in [3.05, 3.63) is 28.5 Å². The van der Waals surface area contributed by atoms with Crippen molar-refractivity contribution in [2.24, 2.45) is 5.92 Å². The van der Waals surface area contributed by atoms with Gasteiger partial charge in [0.15, 0.2) is 0 Å². The third-order valence-corrected chi connectivity index (χ3v) is 3.37. The van der Waals surface area contributed by atoms with E-state index >= 15 is 0 Å². The van der Waals surface area contributed by atoms with Crippen molar-refractivity contribution in [1.29, 1.82) is 0 Å². The van der Waals surface area contributed by atoms with Crippen LogP contribution in [0.5, 0.6) is 0 Å². The van der Waals surface area contributed by atoms with Gasteiger partial charge in [-0.2, -0.15) is 11.8 Å². The van der Waals surface area contributed by atoms with Crippen molar-refractivity contribution in [3.63, 3.8) is 0 Å². The molecule has 0 saturated heterocycles. The van der Waals surface area contributed by atoms with Crippen LogP contribution in [0.1, 0.15) is 12.5 Å². The first-order valence-corrected chi connectivity index (χ1v) is 7.20. The van der Waals surface area contributed by atoms with E-state index in [0.29, 0.717) is 0 Å². The van der Waals surface area contributed by atoms with E-state index in [0.717, 1.165) is 23.5 Å². The van der Waals surface area contributed by atoms with Gasteiger partial charge in [0.1, 0.15) is 0 Å². The molecule has 1 rings (SSSR count). The number of aromatic nitrogens is 1. The number of thioether (sulfide) groups is 1. The van der Waals surface area contributed by atoms with Gasteiger partial charge in [-0.15, -0.1) is 0 Å². The maximum atomic E-state index is 4.13. The van der Waals surface area contributed by atoms with Gasteiger partial charge in [0, 0.05) is 23.4 Å². The number of pyridine rings is 1. The van der Waals surface area contributed by atoms with Gasteiger partial charge in [-0.25, -0.2) is 0 Å². The van der Waals surface area contributed by atoms with Gasteiger partial charge in [-0.3, -0.25) is 4.98 Å². The molecular formula is C11H17BrN2S. The van der Waals surface area contributed by atoms with Gasteiger partial charge in [0.05, 0.1) is 0 Å². The quantitative estimate of drug-likeness (QED) is 0.871. The van der Waals surface area contributed by atoms with Gasteiger partial charge in [-0.05, 0) is 52.0 Å². The molecule has 2 nitrogen and oxygen atoms in total. The molecule has 0 saturated carbocycles. The number of halogens is 1. The molecule has 0 spiro atoms. The van der Waals surface area contributed by atoms with Gasteiger partial charge >= 0.3 is 0 Å². The van der Waals surface area contributed by atoms with Crippen molar-refractivity contribution >= 4 is 27.7 Å². The highest BCUT2D eigenvalue weighted by atomic mass is 79.9. The molecule has 0 aliphatic heterocycles. The standard InChI is InChI=1S/C11H17BrN2S/c1-9(8-15-2)4-13-5-10-3-11(12)7-14-6-10/h3,6-7,9,13H,4-5,8H2,1-2H3. The number of nitrogens with one attached hydrogen (secondary N) is 1. The lowest BCUT2D eigenvalue weighted by Crippen LogP contribution is -2.22. The van der Waals surface area contributed by atoms with Crippen LogP contribution in [0.3, 0.4) is 0 Å². The summed E-state index contributed by atoms with van der Waals surface area (Å²) in [6.07, 6.45) is 5.85. The van der Waals surface area contributed by atoms with Gasteiger partial charge in [-0.1, -0.05) is 6.92 Å². The van der Waals surface area contributed by atoms with E-state index < -0.39 is 0 Å². The van der Waals surface area contributed by atoms with E-state index in [9.17, 15) is 0 Å². The molecule has 0 aliphatic carbocycles. The minimum absolute atomic E-state index is 0.722. The van der Waals surface area contributed by atoms with Gasteiger partial charge in [0.25, 0.3) is 0 Å². The molecule has 0 bridgehead atoms. The molecule has 0 radical (unpaired) electrons. The lowest BCUT2D eigenvalue weighted by Gasteiger charge is -2.10. The highest BCUT2D eigenvalue weighted by Crippen LogP contribution is 2.09. The average Bonchev–Trinajstić information content (AvgIpc) is 2.18. The van der Waals surface area contributed by atoms with E-state index in [1.807, 2.05) is 18.0 Å². The summed E-state index contributed by atoms with van der Waals surface area (Å²) in [4.78, 5) is 4.13. The number of hydrogen-bond acceptors (Lipinski definition) is 3. The predicted molar refractivity (Wildman–Crippen MR) is 71.2 cm³/mol. The van der Waals surface area contributed by atoms with Crippen LogP contribution in [0.25, 0.3) is 0 Å². The molecule has 0 fully saturated rings. The molecule has 4 heteroatoms. The van der Waals surface area contributed by atoms with Crippen molar-refractivity contribution in [1.82, 2.24) is 10.3 Å². The summed E-state index contributed by atoms with van der Waals surface area (Å²) in [5, 5.41) is 3.44. The number of hydrogen-bond donors (Lipinski definition) is 1. The summed E-state index contributed by atoms with van der Waals surface area (Å²) in [5.41, 5.74) is 1.22. The van der Waals surface area contributed by atoms with Crippen molar-refractivity contribution in [3.8, 4) is 0 Å². The second-order valence-electron chi connectivity index (χ2n) is 3.70. The van der Waals surface area contributed by atoms with Gasteiger partial charge in [0.2, 0.25) is 0 Å². The molecule has 1 atom stereocenters. The lowest BCUT2D eigenvalue weighted by molar-refractivity contribution is 0.559. The predicted octanol–water partition coefficient (Wildman–Crippen LogP) is 2.93. The zero-order valence-electron chi connectivity index (χ0n) is 9.16. The zero-order valence-corrected chi connectivity index (χ0v) is 11.6. The summed E-state index contributed by atoms with van der Waals surface area (Å²) >= 11 is 5.31.